The molecule has 0 spiro atoms. The third-order valence-electron chi connectivity index (χ3n) is 2.15. The molecule has 0 unspecified atom stereocenters. The average molecular weight is 245 g/mol. The van der Waals surface area contributed by atoms with E-state index in [1.807, 2.05) is 6.07 Å². The molecule has 17 heavy (non-hydrogen) atoms. The number of nitrogens with zero attached hydrogens (tertiary/aromatic N) is 2. The molecule has 0 bridgehead atoms. The summed E-state index contributed by atoms with van der Waals surface area (Å²) in [7, 11) is 0. The number of carboxylic acid groups (broad SMARTS) is 1. The Labute approximate surface area is 101 Å². The zero-order valence-corrected chi connectivity index (χ0v) is 9.36. The smallest absolute Gasteiger partial charge is 0.356 e. The topological polar surface area (TPSA) is 100 Å². The van der Waals surface area contributed by atoms with E-state index in [0.717, 1.165) is 0 Å². The summed E-state index contributed by atoms with van der Waals surface area (Å²) in [6, 6.07) is 6.78. The summed E-state index contributed by atoms with van der Waals surface area (Å²) in [5.74, 6) is -1.18. The van der Waals surface area contributed by atoms with Crippen LogP contribution in [-0.4, -0.2) is 16.1 Å². The second-order valence-electron chi connectivity index (χ2n) is 3.21. The first kappa shape index (κ1) is 11.1. The van der Waals surface area contributed by atoms with Crippen LogP contribution in [0.4, 0.5) is 5.69 Å². The fourth-order valence-electron chi connectivity index (χ4n) is 1.36. The Balaban J connectivity index is 2.59. The van der Waals surface area contributed by atoms with Gasteiger partial charge in [0, 0.05) is 0 Å². The highest BCUT2D eigenvalue weighted by Gasteiger charge is 2.14. The van der Waals surface area contributed by atoms with Crippen LogP contribution >= 0.6 is 11.3 Å². The van der Waals surface area contributed by atoms with Crippen molar-refractivity contribution in [3.05, 3.63) is 34.8 Å². The fourth-order valence-corrected chi connectivity index (χ4v) is 2.18. The number of anilines is 1. The Hall–Kier alpha value is -2.39. The molecule has 0 atom stereocenters. The van der Waals surface area contributed by atoms with E-state index >= 15 is 0 Å². The molecule has 0 amide bonds. The van der Waals surface area contributed by atoms with E-state index in [-0.39, 0.29) is 11.4 Å². The first-order valence-corrected chi connectivity index (χ1v) is 5.49. The van der Waals surface area contributed by atoms with E-state index in [0.29, 0.717) is 16.1 Å². The zero-order chi connectivity index (χ0) is 12.4. The first-order valence-electron chi connectivity index (χ1n) is 4.61. The number of nitriles is 1. The molecule has 2 aromatic rings. The van der Waals surface area contributed by atoms with Crippen LogP contribution in [0.5, 0.6) is 0 Å². The number of carbonyl (C=O) groups is 1. The number of hydrogen-bond acceptors (Lipinski definition) is 5. The van der Waals surface area contributed by atoms with Crippen LogP contribution in [-0.2, 0) is 0 Å². The van der Waals surface area contributed by atoms with Crippen LogP contribution in [0.15, 0.2) is 23.6 Å². The Morgan fingerprint density at radius 1 is 1.47 bits per heavy atom. The molecule has 0 saturated carbocycles. The van der Waals surface area contributed by atoms with E-state index in [1.165, 1.54) is 17.4 Å². The number of aromatic carboxylic acids is 1. The van der Waals surface area contributed by atoms with Gasteiger partial charge < -0.3 is 10.8 Å². The van der Waals surface area contributed by atoms with Gasteiger partial charge in [0.25, 0.3) is 0 Å². The third kappa shape index (κ3) is 1.96. The number of rotatable bonds is 2. The predicted octanol–water partition coefficient (Wildman–Crippen LogP) is 1.96. The van der Waals surface area contributed by atoms with Crippen molar-refractivity contribution in [2.24, 2.45) is 0 Å². The molecule has 0 fully saturated rings. The highest BCUT2D eigenvalue weighted by atomic mass is 32.1. The van der Waals surface area contributed by atoms with Gasteiger partial charge in [0.05, 0.1) is 21.8 Å². The Kier molecular flexibility index (Phi) is 2.77. The minimum atomic E-state index is -1.18. The molecule has 0 aliphatic rings. The predicted molar refractivity (Wildman–Crippen MR) is 63.6 cm³/mol. The summed E-state index contributed by atoms with van der Waals surface area (Å²) in [6.45, 7) is 0. The standard InChI is InChI=1S/C11H7N3O2S/c12-5-6-3-4-17-10(6)8-2-1-7(13)9(14-8)11(15)16/h1-4H,13H2,(H,15,16). The van der Waals surface area contributed by atoms with Gasteiger partial charge >= 0.3 is 5.97 Å². The molecule has 0 radical (unpaired) electrons. The Morgan fingerprint density at radius 2 is 2.24 bits per heavy atom. The van der Waals surface area contributed by atoms with Crippen molar-refractivity contribution >= 4 is 23.0 Å². The lowest BCUT2D eigenvalue weighted by molar-refractivity contribution is 0.0692. The minimum Gasteiger partial charge on any atom is -0.476 e. The molecule has 2 heterocycles. The molecule has 2 rings (SSSR count). The molecular formula is C11H7N3O2S. The normalized spacial score (nSPS) is 9.82. The van der Waals surface area contributed by atoms with Crippen molar-refractivity contribution in [3.8, 4) is 16.6 Å². The van der Waals surface area contributed by atoms with Crippen LogP contribution < -0.4 is 5.73 Å². The Morgan fingerprint density at radius 3 is 2.88 bits per heavy atom. The van der Waals surface area contributed by atoms with E-state index in [9.17, 15) is 4.79 Å². The summed E-state index contributed by atoms with van der Waals surface area (Å²) < 4.78 is 0. The van der Waals surface area contributed by atoms with Crippen molar-refractivity contribution in [1.29, 1.82) is 5.26 Å². The fraction of sp³-hybridized carbons (Fsp3) is 0. The highest BCUT2D eigenvalue weighted by molar-refractivity contribution is 7.13. The van der Waals surface area contributed by atoms with Gasteiger partial charge in [-0.15, -0.1) is 11.3 Å². The third-order valence-corrected chi connectivity index (χ3v) is 3.08. The Bertz CT molecular complexity index is 628. The number of thiophene rings is 1. The molecule has 5 nitrogen and oxygen atoms in total. The lowest BCUT2D eigenvalue weighted by Gasteiger charge is -2.03. The summed E-state index contributed by atoms with van der Waals surface area (Å²) in [5.41, 5.74) is 6.35. The second-order valence-corrected chi connectivity index (χ2v) is 4.13. The lowest BCUT2D eigenvalue weighted by atomic mass is 10.2. The van der Waals surface area contributed by atoms with Gasteiger partial charge in [-0.2, -0.15) is 5.26 Å². The SMILES string of the molecule is N#Cc1ccsc1-c1ccc(N)c(C(=O)O)n1. The van der Waals surface area contributed by atoms with Crippen molar-refractivity contribution in [2.45, 2.75) is 0 Å². The number of carboxylic acids is 1. The quantitative estimate of drug-likeness (QED) is 0.842. The number of aromatic nitrogens is 1. The molecule has 3 N–H and O–H groups in total. The molecule has 0 aliphatic heterocycles. The van der Waals surface area contributed by atoms with Crippen molar-refractivity contribution in [2.75, 3.05) is 5.73 Å². The summed E-state index contributed by atoms with van der Waals surface area (Å²) in [5, 5.41) is 19.6. The molecule has 84 valence electrons. The van der Waals surface area contributed by atoms with Gasteiger partial charge in [0.2, 0.25) is 0 Å². The largest absolute Gasteiger partial charge is 0.476 e. The van der Waals surface area contributed by atoms with Crippen LogP contribution in [0.3, 0.4) is 0 Å². The number of hydrogen-bond donors (Lipinski definition) is 2. The van der Waals surface area contributed by atoms with E-state index < -0.39 is 5.97 Å². The molecular weight excluding hydrogens is 238 g/mol. The summed E-state index contributed by atoms with van der Waals surface area (Å²) in [6.07, 6.45) is 0. The zero-order valence-electron chi connectivity index (χ0n) is 8.54. The molecule has 0 aromatic carbocycles. The van der Waals surface area contributed by atoms with Gasteiger partial charge in [-0.05, 0) is 23.6 Å². The maximum absolute atomic E-state index is 10.9. The second kappa shape index (κ2) is 4.23. The average Bonchev–Trinajstić information content (AvgIpc) is 2.77. The lowest BCUT2D eigenvalue weighted by Crippen LogP contribution is -2.06. The summed E-state index contributed by atoms with van der Waals surface area (Å²) in [4.78, 5) is 15.5. The molecule has 0 saturated heterocycles. The molecule has 6 heteroatoms. The van der Waals surface area contributed by atoms with Crippen LogP contribution in [0, 0.1) is 11.3 Å². The maximum atomic E-state index is 10.9. The minimum absolute atomic E-state index is 0.108. The van der Waals surface area contributed by atoms with Crippen LogP contribution in [0.1, 0.15) is 16.1 Å². The van der Waals surface area contributed by atoms with Crippen molar-refractivity contribution in [3.63, 3.8) is 0 Å². The molecule has 0 aliphatic carbocycles. The van der Waals surface area contributed by atoms with E-state index in [4.69, 9.17) is 16.1 Å². The van der Waals surface area contributed by atoms with Gasteiger partial charge in [0.15, 0.2) is 5.69 Å². The molecule has 2 aromatic heterocycles. The number of pyridine rings is 1. The number of nitrogen functional groups attached to an aromatic ring is 1. The van der Waals surface area contributed by atoms with Crippen LogP contribution in [0.25, 0.3) is 10.6 Å². The van der Waals surface area contributed by atoms with Gasteiger partial charge in [-0.3, -0.25) is 0 Å². The summed E-state index contributed by atoms with van der Waals surface area (Å²) >= 11 is 1.33. The van der Waals surface area contributed by atoms with Gasteiger partial charge in [-0.25, -0.2) is 9.78 Å². The first-order chi connectivity index (χ1) is 8.13. The van der Waals surface area contributed by atoms with Crippen molar-refractivity contribution in [1.82, 2.24) is 4.98 Å². The van der Waals surface area contributed by atoms with Crippen LogP contribution in [0.2, 0.25) is 0 Å². The van der Waals surface area contributed by atoms with E-state index in [1.54, 1.807) is 17.5 Å². The van der Waals surface area contributed by atoms with Gasteiger partial charge in [-0.1, -0.05) is 0 Å². The van der Waals surface area contributed by atoms with Crippen molar-refractivity contribution < 1.29 is 9.90 Å². The monoisotopic (exact) mass is 245 g/mol. The highest BCUT2D eigenvalue weighted by Crippen LogP contribution is 2.28. The van der Waals surface area contributed by atoms with Gasteiger partial charge in [0.1, 0.15) is 6.07 Å². The maximum Gasteiger partial charge on any atom is 0.356 e. The number of nitrogens with two attached hydrogens (primary N) is 1. The van der Waals surface area contributed by atoms with E-state index in [2.05, 4.69) is 4.98 Å².